The van der Waals surface area contributed by atoms with Crippen LogP contribution in [-0.4, -0.2) is 53.4 Å². The molecule has 208 valence electrons. The van der Waals surface area contributed by atoms with Crippen molar-refractivity contribution in [2.24, 2.45) is 0 Å². The van der Waals surface area contributed by atoms with Gasteiger partial charge in [0.15, 0.2) is 17.6 Å². The fourth-order valence-electron chi connectivity index (χ4n) is 4.05. The van der Waals surface area contributed by atoms with E-state index in [1.165, 1.54) is 6.92 Å². The van der Waals surface area contributed by atoms with Gasteiger partial charge >= 0.3 is 23.9 Å². The lowest BCUT2D eigenvalue weighted by Crippen LogP contribution is -2.42. The summed E-state index contributed by atoms with van der Waals surface area (Å²) in [5.41, 5.74) is 2.88. The number of thioether (sulfide) groups is 1. The molecule has 8 nitrogen and oxygen atoms in total. The second-order valence-corrected chi connectivity index (χ2v) is 10.9. The van der Waals surface area contributed by atoms with Gasteiger partial charge in [-0.3, -0.25) is 4.79 Å². The maximum Gasteiger partial charge on any atom is 0.338 e. The monoisotopic (exact) mass is 562 g/mol. The fraction of sp³-hybridized carbons (Fsp3) is 0.290. The van der Waals surface area contributed by atoms with Crippen molar-refractivity contribution in [2.45, 2.75) is 50.6 Å². The molecule has 1 aliphatic heterocycles. The quantitative estimate of drug-likeness (QED) is 0.270. The molecule has 0 aromatic heterocycles. The maximum atomic E-state index is 13.1. The van der Waals surface area contributed by atoms with E-state index in [9.17, 15) is 19.2 Å². The van der Waals surface area contributed by atoms with Gasteiger partial charge in [-0.15, -0.1) is 11.8 Å². The zero-order chi connectivity index (χ0) is 28.8. The van der Waals surface area contributed by atoms with Crippen LogP contribution < -0.4 is 0 Å². The Morgan fingerprint density at radius 2 is 1.00 bits per heavy atom. The summed E-state index contributed by atoms with van der Waals surface area (Å²) in [7, 11) is 0. The molecule has 0 N–H and O–H groups in total. The Morgan fingerprint density at radius 3 is 1.43 bits per heavy atom. The van der Waals surface area contributed by atoms with E-state index in [4.69, 9.17) is 18.9 Å². The summed E-state index contributed by atoms with van der Waals surface area (Å²) < 4.78 is 22.7. The van der Waals surface area contributed by atoms with Crippen LogP contribution in [0.4, 0.5) is 0 Å². The smallest absolute Gasteiger partial charge is 0.338 e. The van der Waals surface area contributed by atoms with Gasteiger partial charge < -0.3 is 18.9 Å². The van der Waals surface area contributed by atoms with E-state index in [1.807, 2.05) is 20.8 Å². The van der Waals surface area contributed by atoms with Crippen LogP contribution >= 0.6 is 11.8 Å². The summed E-state index contributed by atoms with van der Waals surface area (Å²) in [6.45, 7) is 6.75. The Balaban J connectivity index is 1.59. The molecule has 0 amide bonds. The van der Waals surface area contributed by atoms with Crippen molar-refractivity contribution in [2.75, 3.05) is 6.61 Å². The highest BCUT2D eigenvalue weighted by Gasteiger charge is 2.51. The van der Waals surface area contributed by atoms with Crippen molar-refractivity contribution in [3.63, 3.8) is 0 Å². The average molecular weight is 563 g/mol. The lowest BCUT2D eigenvalue weighted by Gasteiger charge is -2.25. The highest BCUT2D eigenvalue weighted by molar-refractivity contribution is 8.00. The molecule has 1 fully saturated rings. The van der Waals surface area contributed by atoms with Crippen LogP contribution in [0.5, 0.6) is 0 Å². The van der Waals surface area contributed by atoms with Crippen molar-refractivity contribution in [1.82, 2.24) is 0 Å². The number of aryl methyl sites for hydroxylation is 3. The van der Waals surface area contributed by atoms with Crippen molar-refractivity contribution in [1.29, 1.82) is 0 Å². The number of hydrogen-bond acceptors (Lipinski definition) is 9. The summed E-state index contributed by atoms with van der Waals surface area (Å²) in [4.78, 5) is 50.9. The largest absolute Gasteiger partial charge is 0.461 e. The molecule has 0 aliphatic carbocycles. The van der Waals surface area contributed by atoms with Gasteiger partial charge in [-0.2, -0.15) is 0 Å². The Labute approximate surface area is 237 Å². The topological polar surface area (TPSA) is 105 Å². The minimum absolute atomic E-state index is 0.181. The van der Waals surface area contributed by atoms with Gasteiger partial charge in [-0.1, -0.05) is 53.1 Å². The van der Waals surface area contributed by atoms with Crippen molar-refractivity contribution in [3.05, 3.63) is 106 Å². The van der Waals surface area contributed by atoms with Gasteiger partial charge in [0.1, 0.15) is 6.61 Å². The highest BCUT2D eigenvalue weighted by atomic mass is 32.2. The molecule has 0 radical (unpaired) electrons. The van der Waals surface area contributed by atoms with Crippen molar-refractivity contribution < 1.29 is 38.1 Å². The van der Waals surface area contributed by atoms with Gasteiger partial charge in [0, 0.05) is 6.92 Å². The third-order valence-electron chi connectivity index (χ3n) is 6.28. The molecule has 9 heteroatoms. The van der Waals surface area contributed by atoms with E-state index >= 15 is 0 Å². The molecule has 1 aliphatic rings. The molecular weight excluding hydrogens is 532 g/mol. The van der Waals surface area contributed by atoms with Crippen LogP contribution in [0.15, 0.2) is 72.8 Å². The predicted octanol–water partition coefficient (Wildman–Crippen LogP) is 5.22. The lowest BCUT2D eigenvalue weighted by molar-refractivity contribution is -0.148. The number of carbonyl (C=O) groups excluding carboxylic acids is 4. The fourth-order valence-corrected chi connectivity index (χ4v) is 5.46. The van der Waals surface area contributed by atoms with Gasteiger partial charge in [-0.05, 0) is 57.2 Å². The van der Waals surface area contributed by atoms with E-state index < -0.39 is 46.8 Å². The molecule has 0 saturated carbocycles. The Hall–Kier alpha value is -4.11. The first kappa shape index (κ1) is 28.9. The Morgan fingerprint density at radius 1 is 0.600 bits per heavy atom. The second kappa shape index (κ2) is 12.8. The molecule has 0 spiro atoms. The SMILES string of the molecule is CC(=O)OC1S[C@@H](COC(=O)c2ccc(C)cc2)[C@H](OC(=O)c2ccc(C)cc2)[C@@H]1OC(=O)c1ccc(C)cc1. The summed E-state index contributed by atoms with van der Waals surface area (Å²) in [5, 5.41) is -0.691. The van der Waals surface area contributed by atoms with E-state index in [1.54, 1.807) is 72.8 Å². The average Bonchev–Trinajstić information content (AvgIpc) is 3.22. The Bertz CT molecular complexity index is 1370. The first-order valence-electron chi connectivity index (χ1n) is 12.7. The number of hydrogen-bond donors (Lipinski definition) is 0. The molecule has 1 saturated heterocycles. The highest BCUT2D eigenvalue weighted by Crippen LogP contribution is 2.40. The van der Waals surface area contributed by atoms with Crippen molar-refractivity contribution >= 4 is 35.6 Å². The minimum Gasteiger partial charge on any atom is -0.461 e. The predicted molar refractivity (Wildman–Crippen MR) is 149 cm³/mol. The molecule has 3 aromatic carbocycles. The summed E-state index contributed by atoms with van der Waals surface area (Å²) in [6, 6.07) is 20.5. The second-order valence-electron chi connectivity index (χ2n) is 9.59. The number of ether oxygens (including phenoxy) is 4. The van der Waals surface area contributed by atoms with E-state index in [0.717, 1.165) is 28.5 Å². The van der Waals surface area contributed by atoms with Gasteiger partial charge in [0.25, 0.3) is 0 Å². The number of carbonyl (C=O) groups is 4. The normalized spacial score (nSPS) is 19.9. The zero-order valence-corrected chi connectivity index (χ0v) is 23.4. The molecule has 40 heavy (non-hydrogen) atoms. The summed E-state index contributed by atoms with van der Waals surface area (Å²) in [6.07, 6.45) is -2.23. The molecule has 4 atom stereocenters. The van der Waals surface area contributed by atoms with Crippen molar-refractivity contribution in [3.8, 4) is 0 Å². The molecule has 3 aromatic rings. The molecule has 1 unspecified atom stereocenters. The van der Waals surface area contributed by atoms with Crippen LogP contribution in [0.2, 0.25) is 0 Å². The van der Waals surface area contributed by atoms with E-state index in [-0.39, 0.29) is 12.2 Å². The number of rotatable bonds is 8. The molecule has 4 rings (SSSR count). The molecular formula is C31H30O8S. The van der Waals surface area contributed by atoms with Gasteiger partial charge in [-0.25, -0.2) is 14.4 Å². The van der Waals surface area contributed by atoms with Crippen LogP contribution in [0.1, 0.15) is 54.7 Å². The zero-order valence-electron chi connectivity index (χ0n) is 22.6. The van der Waals surface area contributed by atoms with E-state index in [0.29, 0.717) is 11.1 Å². The third kappa shape index (κ3) is 7.30. The molecule has 1 heterocycles. The van der Waals surface area contributed by atoms with E-state index in [2.05, 4.69) is 0 Å². The summed E-state index contributed by atoms with van der Waals surface area (Å²) >= 11 is 1.10. The minimum atomic E-state index is -1.15. The summed E-state index contributed by atoms with van der Waals surface area (Å²) in [5.74, 6) is -2.49. The standard InChI is InChI=1S/C31H30O8S/c1-18-5-11-22(12-6-18)28(33)36-17-25-26(38-29(34)23-13-7-19(2)8-14-23)27(31(40-25)37-21(4)32)39-30(35)24-15-9-20(3)10-16-24/h5-16,25-27,31H,17H2,1-4H3/t25-,26-,27-,31?/m0/s1. The van der Waals surface area contributed by atoms with Crippen LogP contribution in [-0.2, 0) is 23.7 Å². The number of benzene rings is 3. The lowest BCUT2D eigenvalue weighted by atomic mass is 10.1. The maximum absolute atomic E-state index is 13.1. The van der Waals surface area contributed by atoms with Gasteiger partial charge in [0.2, 0.25) is 0 Å². The third-order valence-corrected chi connectivity index (χ3v) is 7.66. The first-order valence-corrected chi connectivity index (χ1v) is 13.7. The van der Waals surface area contributed by atoms with Crippen LogP contribution in [0.25, 0.3) is 0 Å². The van der Waals surface area contributed by atoms with Crippen LogP contribution in [0.3, 0.4) is 0 Å². The van der Waals surface area contributed by atoms with Gasteiger partial charge in [0.05, 0.1) is 21.9 Å². The number of esters is 4. The van der Waals surface area contributed by atoms with Crippen LogP contribution in [0, 0.1) is 20.8 Å². The molecule has 0 bridgehead atoms. The Kier molecular flexibility index (Phi) is 9.26. The first-order chi connectivity index (χ1) is 19.1.